The summed E-state index contributed by atoms with van der Waals surface area (Å²) >= 11 is 0. The summed E-state index contributed by atoms with van der Waals surface area (Å²) in [6, 6.07) is 8.90. The summed E-state index contributed by atoms with van der Waals surface area (Å²) in [5.41, 5.74) is 7.96. The van der Waals surface area contributed by atoms with Crippen molar-refractivity contribution in [2.75, 3.05) is 26.2 Å². The first-order valence-corrected chi connectivity index (χ1v) is 7.48. The molecule has 118 valence electrons. The number of likely N-dealkylation sites (tertiary alicyclic amines) is 1. The number of carbonyl (C=O) groups is 1. The number of aryl methyl sites for hydroxylation is 1. The van der Waals surface area contributed by atoms with E-state index in [0.717, 1.165) is 13.1 Å². The number of benzene rings is 1. The highest BCUT2D eigenvalue weighted by molar-refractivity contribution is 5.85. The van der Waals surface area contributed by atoms with Gasteiger partial charge in [-0.05, 0) is 38.4 Å². The van der Waals surface area contributed by atoms with Gasteiger partial charge in [-0.1, -0.05) is 29.8 Å². The number of hydrogen-bond donors (Lipinski definition) is 2. The Labute approximate surface area is 133 Å². The Kier molecular flexibility index (Phi) is 7.72. The topological polar surface area (TPSA) is 58.4 Å². The second-order valence-corrected chi connectivity index (χ2v) is 5.51. The van der Waals surface area contributed by atoms with E-state index >= 15 is 0 Å². The zero-order valence-corrected chi connectivity index (χ0v) is 13.5. The average Bonchev–Trinajstić information content (AvgIpc) is 2.95. The summed E-state index contributed by atoms with van der Waals surface area (Å²) < 4.78 is 0. The van der Waals surface area contributed by atoms with Crippen LogP contribution in [0.5, 0.6) is 0 Å². The van der Waals surface area contributed by atoms with Gasteiger partial charge in [0.05, 0.1) is 6.04 Å². The van der Waals surface area contributed by atoms with Crippen LogP contribution in [0.3, 0.4) is 0 Å². The van der Waals surface area contributed by atoms with E-state index in [1.54, 1.807) is 0 Å². The molecular formula is C16H26ClN3O. The van der Waals surface area contributed by atoms with Gasteiger partial charge in [-0.3, -0.25) is 9.69 Å². The SMILES string of the molecule is Cc1ccc(C(CNC(=O)CCN)N2CCCC2)cc1.Cl. The average molecular weight is 312 g/mol. The fourth-order valence-electron chi connectivity index (χ4n) is 2.73. The number of hydrogen-bond acceptors (Lipinski definition) is 3. The highest BCUT2D eigenvalue weighted by atomic mass is 35.5. The maximum absolute atomic E-state index is 11.6. The van der Waals surface area contributed by atoms with E-state index in [4.69, 9.17) is 5.73 Å². The van der Waals surface area contributed by atoms with Crippen LogP contribution in [0.2, 0.25) is 0 Å². The van der Waals surface area contributed by atoms with Crippen LogP contribution in [0.4, 0.5) is 0 Å². The van der Waals surface area contributed by atoms with E-state index in [0.29, 0.717) is 19.5 Å². The lowest BCUT2D eigenvalue weighted by Gasteiger charge is -2.28. The Morgan fingerprint density at radius 3 is 2.48 bits per heavy atom. The third-order valence-electron chi connectivity index (χ3n) is 3.91. The molecule has 1 unspecified atom stereocenters. The van der Waals surface area contributed by atoms with E-state index in [9.17, 15) is 4.79 Å². The third-order valence-corrected chi connectivity index (χ3v) is 3.91. The van der Waals surface area contributed by atoms with Gasteiger partial charge in [-0.15, -0.1) is 12.4 Å². The molecule has 0 aliphatic carbocycles. The van der Waals surface area contributed by atoms with Crippen molar-refractivity contribution in [3.05, 3.63) is 35.4 Å². The van der Waals surface area contributed by atoms with Gasteiger partial charge in [-0.2, -0.15) is 0 Å². The van der Waals surface area contributed by atoms with Crippen molar-refractivity contribution in [3.63, 3.8) is 0 Å². The zero-order chi connectivity index (χ0) is 14.4. The van der Waals surface area contributed by atoms with Crippen molar-refractivity contribution in [3.8, 4) is 0 Å². The summed E-state index contributed by atoms with van der Waals surface area (Å²) in [4.78, 5) is 14.1. The molecule has 0 bridgehead atoms. The maximum atomic E-state index is 11.6. The molecule has 1 saturated heterocycles. The summed E-state index contributed by atoms with van der Waals surface area (Å²) in [5.74, 6) is 0.0452. The van der Waals surface area contributed by atoms with Crippen LogP contribution in [-0.2, 0) is 4.79 Å². The molecule has 0 radical (unpaired) electrons. The molecule has 1 aromatic rings. The molecule has 0 saturated carbocycles. The first-order valence-electron chi connectivity index (χ1n) is 7.48. The summed E-state index contributed by atoms with van der Waals surface area (Å²) in [6.45, 7) is 5.40. The lowest BCUT2D eigenvalue weighted by atomic mass is 10.0. The second kappa shape index (κ2) is 9.03. The predicted molar refractivity (Wildman–Crippen MR) is 88.7 cm³/mol. The fraction of sp³-hybridized carbons (Fsp3) is 0.562. The van der Waals surface area contributed by atoms with Crippen LogP contribution in [0, 0.1) is 6.92 Å². The summed E-state index contributed by atoms with van der Waals surface area (Å²) in [6.07, 6.45) is 2.90. The minimum absolute atomic E-state index is 0. The van der Waals surface area contributed by atoms with Crippen LogP contribution in [-0.4, -0.2) is 37.0 Å². The van der Waals surface area contributed by atoms with E-state index in [2.05, 4.69) is 41.4 Å². The standard InChI is InChI=1S/C16H25N3O.ClH/c1-13-4-6-14(7-5-13)15(19-10-2-3-11-19)12-18-16(20)8-9-17;/h4-7,15H,2-3,8-12,17H2,1H3,(H,18,20);1H. The molecule has 5 heteroatoms. The molecule has 4 nitrogen and oxygen atoms in total. The summed E-state index contributed by atoms with van der Waals surface area (Å²) in [5, 5.41) is 3.01. The number of nitrogens with zero attached hydrogens (tertiary/aromatic N) is 1. The van der Waals surface area contributed by atoms with Gasteiger partial charge in [0, 0.05) is 19.5 Å². The Morgan fingerprint density at radius 2 is 1.90 bits per heavy atom. The highest BCUT2D eigenvalue weighted by Gasteiger charge is 2.23. The lowest BCUT2D eigenvalue weighted by Crippen LogP contribution is -2.37. The number of rotatable bonds is 6. The van der Waals surface area contributed by atoms with Gasteiger partial charge in [0.2, 0.25) is 5.91 Å². The van der Waals surface area contributed by atoms with Gasteiger partial charge < -0.3 is 11.1 Å². The maximum Gasteiger partial charge on any atom is 0.221 e. The van der Waals surface area contributed by atoms with E-state index in [1.165, 1.54) is 24.0 Å². The molecular weight excluding hydrogens is 286 g/mol. The highest BCUT2D eigenvalue weighted by Crippen LogP contribution is 2.24. The molecule has 1 aliphatic rings. The number of amides is 1. The van der Waals surface area contributed by atoms with Crippen molar-refractivity contribution in [2.24, 2.45) is 5.73 Å². The number of carbonyl (C=O) groups excluding carboxylic acids is 1. The largest absolute Gasteiger partial charge is 0.354 e. The van der Waals surface area contributed by atoms with Crippen molar-refractivity contribution < 1.29 is 4.79 Å². The van der Waals surface area contributed by atoms with E-state index < -0.39 is 0 Å². The van der Waals surface area contributed by atoms with Crippen LogP contribution in [0.1, 0.15) is 36.4 Å². The smallest absolute Gasteiger partial charge is 0.221 e. The third kappa shape index (κ3) is 5.30. The molecule has 1 amide bonds. The van der Waals surface area contributed by atoms with Gasteiger partial charge in [0.25, 0.3) is 0 Å². The van der Waals surface area contributed by atoms with Gasteiger partial charge >= 0.3 is 0 Å². The Morgan fingerprint density at radius 1 is 1.29 bits per heavy atom. The molecule has 3 N–H and O–H groups in total. The molecule has 0 spiro atoms. The Balaban J connectivity index is 0.00000220. The van der Waals surface area contributed by atoms with Gasteiger partial charge in [0.15, 0.2) is 0 Å². The van der Waals surface area contributed by atoms with Crippen LogP contribution >= 0.6 is 12.4 Å². The van der Waals surface area contributed by atoms with Gasteiger partial charge in [-0.25, -0.2) is 0 Å². The normalized spacial score (nSPS) is 16.3. The first-order chi connectivity index (χ1) is 9.70. The monoisotopic (exact) mass is 311 g/mol. The van der Waals surface area contributed by atoms with Crippen LogP contribution in [0.15, 0.2) is 24.3 Å². The molecule has 2 rings (SSSR count). The van der Waals surface area contributed by atoms with Gasteiger partial charge in [0.1, 0.15) is 0 Å². The zero-order valence-electron chi connectivity index (χ0n) is 12.7. The quantitative estimate of drug-likeness (QED) is 0.845. The molecule has 1 atom stereocenters. The first kappa shape index (κ1) is 18.0. The Hall–Kier alpha value is -1.10. The molecule has 1 heterocycles. The number of nitrogens with two attached hydrogens (primary N) is 1. The van der Waals surface area contributed by atoms with Crippen LogP contribution in [0.25, 0.3) is 0 Å². The molecule has 1 aliphatic heterocycles. The number of nitrogens with one attached hydrogen (secondary N) is 1. The minimum Gasteiger partial charge on any atom is -0.354 e. The number of halogens is 1. The minimum atomic E-state index is 0. The lowest BCUT2D eigenvalue weighted by molar-refractivity contribution is -0.121. The molecule has 0 aromatic heterocycles. The molecule has 21 heavy (non-hydrogen) atoms. The van der Waals surface area contributed by atoms with Crippen molar-refractivity contribution in [1.82, 2.24) is 10.2 Å². The van der Waals surface area contributed by atoms with Crippen molar-refractivity contribution in [1.29, 1.82) is 0 Å². The predicted octanol–water partition coefficient (Wildman–Crippen LogP) is 2.02. The summed E-state index contributed by atoms with van der Waals surface area (Å²) in [7, 11) is 0. The molecule has 1 aromatic carbocycles. The Bertz CT molecular complexity index is 430. The van der Waals surface area contributed by atoms with Crippen molar-refractivity contribution >= 4 is 18.3 Å². The van der Waals surface area contributed by atoms with E-state index in [-0.39, 0.29) is 24.4 Å². The second-order valence-electron chi connectivity index (χ2n) is 5.51. The van der Waals surface area contributed by atoms with E-state index in [1.807, 2.05) is 0 Å². The molecule has 1 fully saturated rings. The fourth-order valence-corrected chi connectivity index (χ4v) is 2.73. The van der Waals surface area contributed by atoms with Crippen LogP contribution < -0.4 is 11.1 Å². The van der Waals surface area contributed by atoms with Crippen molar-refractivity contribution in [2.45, 2.75) is 32.2 Å².